The van der Waals surface area contributed by atoms with Crippen molar-refractivity contribution in [3.8, 4) is 0 Å². The minimum absolute atomic E-state index is 0.358. The summed E-state index contributed by atoms with van der Waals surface area (Å²) < 4.78 is 0. The molecule has 0 aromatic carbocycles. The summed E-state index contributed by atoms with van der Waals surface area (Å²) >= 11 is 0. The smallest absolute Gasteiger partial charge is 0.222 e. The van der Waals surface area contributed by atoms with Crippen LogP contribution in [-0.2, 0) is 9.59 Å². The van der Waals surface area contributed by atoms with Gasteiger partial charge in [-0.3, -0.25) is 9.59 Å². The van der Waals surface area contributed by atoms with Gasteiger partial charge in [-0.05, 0) is 25.7 Å². The lowest BCUT2D eigenvalue weighted by molar-refractivity contribution is -0.128. The number of unbranched alkanes of at least 4 members (excludes halogenated alkanes) is 7. The van der Waals surface area contributed by atoms with Crippen molar-refractivity contribution in [2.75, 3.05) is 26.2 Å². The first-order valence-electron chi connectivity index (χ1n) is 9.33. The van der Waals surface area contributed by atoms with E-state index in [1.807, 2.05) is 9.80 Å². The molecule has 4 heteroatoms. The van der Waals surface area contributed by atoms with Crippen LogP contribution in [0.25, 0.3) is 0 Å². The molecular weight excluding hydrogens is 276 g/mol. The molecule has 0 aliphatic carbocycles. The largest absolute Gasteiger partial charge is 0.343 e. The minimum Gasteiger partial charge on any atom is -0.343 e. The number of hydrogen-bond donors (Lipinski definition) is 0. The Balaban J connectivity index is 1.33. The third-order valence-electron chi connectivity index (χ3n) is 4.95. The Bertz CT molecular complexity index is 323. The lowest BCUT2D eigenvalue weighted by Gasteiger charge is -2.15. The molecule has 0 radical (unpaired) electrons. The van der Waals surface area contributed by atoms with E-state index in [0.717, 1.165) is 51.9 Å². The molecule has 2 aliphatic heterocycles. The molecule has 126 valence electrons. The van der Waals surface area contributed by atoms with Gasteiger partial charge in [0.15, 0.2) is 0 Å². The fraction of sp³-hybridized carbons (Fsp3) is 0.889. The Labute approximate surface area is 135 Å². The van der Waals surface area contributed by atoms with E-state index in [9.17, 15) is 9.59 Å². The second-order valence-corrected chi connectivity index (χ2v) is 6.80. The second kappa shape index (κ2) is 9.86. The van der Waals surface area contributed by atoms with Gasteiger partial charge >= 0.3 is 0 Å². The summed E-state index contributed by atoms with van der Waals surface area (Å²) in [5.74, 6) is 0.716. The average Bonchev–Trinajstić information content (AvgIpc) is 3.10. The first-order chi connectivity index (χ1) is 10.8. The summed E-state index contributed by atoms with van der Waals surface area (Å²) in [5, 5.41) is 0. The van der Waals surface area contributed by atoms with Gasteiger partial charge in [0.05, 0.1) is 0 Å². The predicted octanol–water partition coefficient (Wildman–Crippen LogP) is 3.35. The zero-order chi connectivity index (χ0) is 15.6. The lowest BCUT2D eigenvalue weighted by atomic mass is 10.1. The maximum atomic E-state index is 11.5. The standard InChI is InChI=1S/C18H32N2O2/c21-17-11-9-15-19(17)13-7-5-3-1-2-4-6-8-14-20-16-10-12-18(20)22/h1-16H2. The fourth-order valence-electron chi connectivity index (χ4n) is 3.55. The lowest BCUT2D eigenvalue weighted by Crippen LogP contribution is -2.25. The van der Waals surface area contributed by atoms with Crippen LogP contribution in [0, 0.1) is 0 Å². The first kappa shape index (κ1) is 17.3. The molecule has 4 nitrogen and oxygen atoms in total. The van der Waals surface area contributed by atoms with Crippen LogP contribution in [0.2, 0.25) is 0 Å². The molecule has 0 aromatic heterocycles. The van der Waals surface area contributed by atoms with Gasteiger partial charge in [-0.25, -0.2) is 0 Å². The van der Waals surface area contributed by atoms with E-state index in [1.165, 1.54) is 51.4 Å². The summed E-state index contributed by atoms with van der Waals surface area (Å²) in [6.07, 6.45) is 13.7. The van der Waals surface area contributed by atoms with Gasteiger partial charge in [0.2, 0.25) is 11.8 Å². The van der Waals surface area contributed by atoms with Crippen LogP contribution >= 0.6 is 0 Å². The second-order valence-electron chi connectivity index (χ2n) is 6.80. The van der Waals surface area contributed by atoms with Crippen LogP contribution < -0.4 is 0 Å². The maximum Gasteiger partial charge on any atom is 0.222 e. The molecule has 2 fully saturated rings. The third-order valence-corrected chi connectivity index (χ3v) is 4.95. The van der Waals surface area contributed by atoms with E-state index in [0.29, 0.717) is 11.8 Å². The molecule has 0 saturated carbocycles. The van der Waals surface area contributed by atoms with Gasteiger partial charge < -0.3 is 9.80 Å². The summed E-state index contributed by atoms with van der Waals surface area (Å²) in [7, 11) is 0. The molecular formula is C18H32N2O2. The Morgan fingerprint density at radius 3 is 1.27 bits per heavy atom. The average molecular weight is 308 g/mol. The van der Waals surface area contributed by atoms with Gasteiger partial charge in [-0.15, -0.1) is 0 Å². The van der Waals surface area contributed by atoms with Crippen molar-refractivity contribution in [1.82, 2.24) is 9.80 Å². The first-order valence-corrected chi connectivity index (χ1v) is 9.33. The van der Waals surface area contributed by atoms with Crippen molar-refractivity contribution >= 4 is 11.8 Å². The van der Waals surface area contributed by atoms with Crippen molar-refractivity contribution in [1.29, 1.82) is 0 Å². The van der Waals surface area contributed by atoms with E-state index < -0.39 is 0 Å². The monoisotopic (exact) mass is 308 g/mol. The fourth-order valence-corrected chi connectivity index (χ4v) is 3.55. The molecule has 0 atom stereocenters. The Hall–Kier alpha value is -1.06. The zero-order valence-corrected chi connectivity index (χ0v) is 14.0. The molecule has 22 heavy (non-hydrogen) atoms. The molecule has 2 aliphatic rings. The quantitative estimate of drug-likeness (QED) is 0.549. The number of carbonyl (C=O) groups is 2. The van der Waals surface area contributed by atoms with E-state index in [4.69, 9.17) is 0 Å². The van der Waals surface area contributed by atoms with E-state index in [2.05, 4.69) is 0 Å². The molecule has 0 bridgehead atoms. The van der Waals surface area contributed by atoms with Crippen molar-refractivity contribution in [3.63, 3.8) is 0 Å². The van der Waals surface area contributed by atoms with Crippen molar-refractivity contribution in [2.45, 2.75) is 77.0 Å². The van der Waals surface area contributed by atoms with E-state index >= 15 is 0 Å². The molecule has 2 heterocycles. The van der Waals surface area contributed by atoms with Gasteiger partial charge in [0.1, 0.15) is 0 Å². The van der Waals surface area contributed by atoms with Gasteiger partial charge in [-0.1, -0.05) is 38.5 Å². The van der Waals surface area contributed by atoms with Crippen LogP contribution in [0.1, 0.15) is 77.0 Å². The maximum absolute atomic E-state index is 11.5. The molecule has 0 N–H and O–H groups in total. The van der Waals surface area contributed by atoms with E-state index in [1.54, 1.807) is 0 Å². The number of likely N-dealkylation sites (tertiary alicyclic amines) is 2. The van der Waals surface area contributed by atoms with Crippen molar-refractivity contribution in [3.05, 3.63) is 0 Å². The Kier molecular flexibility index (Phi) is 7.75. The Morgan fingerprint density at radius 2 is 0.955 bits per heavy atom. The van der Waals surface area contributed by atoms with Crippen LogP contribution in [0.3, 0.4) is 0 Å². The number of carbonyl (C=O) groups excluding carboxylic acids is 2. The van der Waals surface area contributed by atoms with Crippen molar-refractivity contribution in [2.24, 2.45) is 0 Å². The molecule has 0 spiro atoms. The summed E-state index contributed by atoms with van der Waals surface area (Å²) in [5.41, 5.74) is 0. The highest BCUT2D eigenvalue weighted by atomic mass is 16.2. The topological polar surface area (TPSA) is 40.6 Å². The van der Waals surface area contributed by atoms with Crippen LogP contribution in [0.5, 0.6) is 0 Å². The minimum atomic E-state index is 0.358. The molecule has 2 saturated heterocycles. The van der Waals surface area contributed by atoms with Crippen molar-refractivity contribution < 1.29 is 9.59 Å². The highest BCUT2D eigenvalue weighted by molar-refractivity contribution is 5.78. The van der Waals surface area contributed by atoms with E-state index in [-0.39, 0.29) is 0 Å². The molecule has 2 rings (SSSR count). The zero-order valence-electron chi connectivity index (χ0n) is 14.0. The van der Waals surface area contributed by atoms with Gasteiger partial charge in [-0.2, -0.15) is 0 Å². The summed E-state index contributed by atoms with van der Waals surface area (Å²) in [6, 6.07) is 0. The molecule has 0 aromatic rings. The molecule has 0 unspecified atom stereocenters. The van der Waals surface area contributed by atoms with Crippen LogP contribution in [0.15, 0.2) is 0 Å². The number of rotatable bonds is 11. The summed E-state index contributed by atoms with van der Waals surface area (Å²) in [4.78, 5) is 27.0. The number of hydrogen-bond acceptors (Lipinski definition) is 2. The third kappa shape index (κ3) is 5.98. The Morgan fingerprint density at radius 1 is 0.591 bits per heavy atom. The highest BCUT2D eigenvalue weighted by Crippen LogP contribution is 2.14. The van der Waals surface area contributed by atoms with Crippen LogP contribution in [0.4, 0.5) is 0 Å². The number of amides is 2. The molecule has 2 amide bonds. The van der Waals surface area contributed by atoms with Gasteiger partial charge in [0.25, 0.3) is 0 Å². The summed E-state index contributed by atoms with van der Waals surface area (Å²) in [6.45, 7) is 3.92. The van der Waals surface area contributed by atoms with Crippen LogP contribution in [-0.4, -0.2) is 47.8 Å². The number of nitrogens with zero attached hydrogens (tertiary/aromatic N) is 2. The highest BCUT2D eigenvalue weighted by Gasteiger charge is 2.19. The normalized spacial score (nSPS) is 18.7. The SMILES string of the molecule is O=C1CCCN1CCCCCCCCCCN1CCCC1=O. The van der Waals surface area contributed by atoms with Gasteiger partial charge in [0, 0.05) is 39.0 Å². The predicted molar refractivity (Wildman–Crippen MR) is 88.6 cm³/mol.